The standard InChI is InChI=1S/C29H21ClFNO4/c30-24-14-6-8-16-26(24)32(27(28(33)34)22-13-5-7-15-25(22)31)29(35)36-17-23-20-11-3-1-9-18(20)19-10-2-4-12-21(19)23/h1-16,23,27H,17H2,(H,33,34). The Kier molecular flexibility index (Phi) is 6.44. The zero-order chi connectivity index (χ0) is 25.2. The highest BCUT2D eigenvalue weighted by Gasteiger charge is 2.37. The number of fused-ring (bicyclic) bond motifs is 3. The summed E-state index contributed by atoms with van der Waals surface area (Å²) in [7, 11) is 0. The number of benzene rings is 4. The van der Waals surface area contributed by atoms with Crippen LogP contribution in [0.1, 0.15) is 28.7 Å². The van der Waals surface area contributed by atoms with Gasteiger partial charge >= 0.3 is 12.1 Å². The maximum atomic E-state index is 14.7. The summed E-state index contributed by atoms with van der Waals surface area (Å²) in [5.41, 5.74) is 4.07. The second kappa shape index (κ2) is 9.84. The van der Waals surface area contributed by atoms with Crippen LogP contribution < -0.4 is 4.90 Å². The minimum Gasteiger partial charge on any atom is -0.479 e. The summed E-state index contributed by atoms with van der Waals surface area (Å²) in [6, 6.07) is 25.8. The van der Waals surface area contributed by atoms with E-state index in [9.17, 15) is 19.1 Å². The molecule has 1 amide bonds. The molecule has 7 heteroatoms. The van der Waals surface area contributed by atoms with Crippen LogP contribution in [0.25, 0.3) is 11.1 Å². The summed E-state index contributed by atoms with van der Waals surface area (Å²) in [5, 5.41) is 10.2. The number of ether oxygens (including phenoxy) is 1. The lowest BCUT2D eigenvalue weighted by Gasteiger charge is -2.30. The molecule has 0 radical (unpaired) electrons. The molecule has 4 aromatic carbocycles. The van der Waals surface area contributed by atoms with Crippen molar-refractivity contribution in [2.24, 2.45) is 0 Å². The Morgan fingerprint density at radius 3 is 2.03 bits per heavy atom. The molecule has 0 aliphatic heterocycles. The maximum absolute atomic E-state index is 14.7. The van der Waals surface area contributed by atoms with Crippen LogP contribution in [0.2, 0.25) is 5.02 Å². The van der Waals surface area contributed by atoms with E-state index in [-0.39, 0.29) is 28.8 Å². The van der Waals surface area contributed by atoms with Gasteiger partial charge in [0.2, 0.25) is 0 Å². The Bertz CT molecular complexity index is 1410. The van der Waals surface area contributed by atoms with Crippen molar-refractivity contribution in [1.82, 2.24) is 0 Å². The smallest absolute Gasteiger partial charge is 0.415 e. The van der Waals surface area contributed by atoms with Crippen molar-refractivity contribution >= 4 is 29.4 Å². The highest BCUT2D eigenvalue weighted by Crippen LogP contribution is 2.45. The summed E-state index contributed by atoms with van der Waals surface area (Å²) in [6.45, 7) is -0.0303. The first-order valence-corrected chi connectivity index (χ1v) is 11.7. The van der Waals surface area contributed by atoms with Crippen LogP contribution in [0.5, 0.6) is 0 Å². The van der Waals surface area contributed by atoms with Crippen molar-refractivity contribution < 1.29 is 23.8 Å². The van der Waals surface area contributed by atoms with E-state index in [4.69, 9.17) is 16.3 Å². The van der Waals surface area contributed by atoms with Crippen LogP contribution in [-0.4, -0.2) is 23.8 Å². The van der Waals surface area contributed by atoms with Gasteiger partial charge in [0, 0.05) is 11.5 Å². The highest BCUT2D eigenvalue weighted by molar-refractivity contribution is 6.33. The van der Waals surface area contributed by atoms with E-state index in [1.807, 2.05) is 48.5 Å². The zero-order valence-electron chi connectivity index (χ0n) is 19.0. The molecule has 0 saturated heterocycles. The second-order valence-electron chi connectivity index (χ2n) is 8.39. The number of carboxylic acid groups (broad SMARTS) is 1. The number of anilines is 1. The molecule has 1 aliphatic rings. The van der Waals surface area contributed by atoms with E-state index in [0.717, 1.165) is 33.2 Å². The summed E-state index contributed by atoms with van der Waals surface area (Å²) in [4.78, 5) is 26.9. The molecule has 0 heterocycles. The Morgan fingerprint density at radius 1 is 0.861 bits per heavy atom. The first kappa shape index (κ1) is 23.6. The van der Waals surface area contributed by atoms with Gasteiger partial charge in [0.25, 0.3) is 0 Å². The van der Waals surface area contributed by atoms with Crippen LogP contribution in [0.4, 0.5) is 14.9 Å². The van der Waals surface area contributed by atoms with E-state index in [0.29, 0.717) is 0 Å². The Morgan fingerprint density at radius 2 is 1.42 bits per heavy atom. The molecule has 1 unspecified atom stereocenters. The first-order valence-electron chi connectivity index (χ1n) is 11.3. The van der Waals surface area contributed by atoms with Gasteiger partial charge in [-0.05, 0) is 40.5 Å². The van der Waals surface area contributed by atoms with Gasteiger partial charge in [0.1, 0.15) is 12.4 Å². The normalized spacial score (nSPS) is 12.9. The largest absolute Gasteiger partial charge is 0.479 e. The summed E-state index contributed by atoms with van der Waals surface area (Å²) in [5.74, 6) is -2.41. The molecule has 0 aromatic heterocycles. The lowest BCUT2D eigenvalue weighted by molar-refractivity contribution is -0.138. The molecule has 4 aromatic rings. The number of aliphatic carboxylic acids is 1. The number of hydrogen-bond acceptors (Lipinski definition) is 3. The van der Waals surface area contributed by atoms with Crippen LogP contribution >= 0.6 is 11.6 Å². The monoisotopic (exact) mass is 501 g/mol. The fourth-order valence-electron chi connectivity index (χ4n) is 4.73. The Labute approximate surface area is 212 Å². The van der Waals surface area contributed by atoms with Crippen molar-refractivity contribution in [2.45, 2.75) is 12.0 Å². The third-order valence-corrected chi connectivity index (χ3v) is 6.66. The van der Waals surface area contributed by atoms with Gasteiger partial charge in [-0.1, -0.05) is 90.5 Å². The molecular formula is C29H21ClFNO4. The van der Waals surface area contributed by atoms with Crippen molar-refractivity contribution in [3.63, 3.8) is 0 Å². The number of rotatable bonds is 6. The summed E-state index contributed by atoms with van der Waals surface area (Å²) < 4.78 is 20.5. The van der Waals surface area contributed by atoms with Gasteiger partial charge in [-0.25, -0.2) is 14.0 Å². The zero-order valence-corrected chi connectivity index (χ0v) is 19.7. The van der Waals surface area contributed by atoms with E-state index < -0.39 is 23.9 Å². The number of carboxylic acids is 1. The lowest BCUT2D eigenvalue weighted by atomic mass is 9.98. The molecule has 36 heavy (non-hydrogen) atoms. The van der Waals surface area contributed by atoms with Crippen LogP contribution in [0, 0.1) is 5.82 Å². The van der Waals surface area contributed by atoms with Gasteiger partial charge < -0.3 is 9.84 Å². The van der Waals surface area contributed by atoms with Crippen molar-refractivity contribution in [3.05, 3.63) is 125 Å². The van der Waals surface area contributed by atoms with Crippen LogP contribution in [0.3, 0.4) is 0 Å². The number of hydrogen-bond donors (Lipinski definition) is 1. The van der Waals surface area contributed by atoms with Crippen molar-refractivity contribution in [2.75, 3.05) is 11.5 Å². The van der Waals surface area contributed by atoms with Gasteiger partial charge in [0.05, 0.1) is 10.7 Å². The topological polar surface area (TPSA) is 66.8 Å². The third kappa shape index (κ3) is 4.20. The molecule has 0 spiro atoms. The minimum absolute atomic E-state index is 0.0303. The van der Waals surface area contributed by atoms with Crippen molar-refractivity contribution in [1.29, 1.82) is 0 Å². The quantitative estimate of drug-likeness (QED) is 0.307. The molecule has 0 fully saturated rings. The van der Waals surface area contributed by atoms with Gasteiger partial charge in [-0.3, -0.25) is 4.90 Å². The predicted molar refractivity (Wildman–Crippen MR) is 136 cm³/mol. The fourth-order valence-corrected chi connectivity index (χ4v) is 4.96. The van der Waals surface area contributed by atoms with Crippen LogP contribution in [0.15, 0.2) is 97.1 Å². The molecule has 5 nitrogen and oxygen atoms in total. The molecule has 1 atom stereocenters. The van der Waals surface area contributed by atoms with Crippen LogP contribution in [-0.2, 0) is 9.53 Å². The predicted octanol–water partition coefficient (Wildman–Crippen LogP) is 7.06. The van der Waals surface area contributed by atoms with Gasteiger partial charge in [-0.15, -0.1) is 0 Å². The molecular weight excluding hydrogens is 481 g/mol. The van der Waals surface area contributed by atoms with Gasteiger partial charge in [-0.2, -0.15) is 0 Å². The minimum atomic E-state index is -1.69. The van der Waals surface area contributed by atoms with Gasteiger partial charge in [0.15, 0.2) is 6.04 Å². The van der Waals surface area contributed by atoms with E-state index in [1.54, 1.807) is 12.1 Å². The number of amides is 1. The average molecular weight is 502 g/mol. The molecule has 0 saturated carbocycles. The van der Waals surface area contributed by atoms with E-state index in [1.165, 1.54) is 30.3 Å². The Hall–Kier alpha value is -4.16. The summed E-state index contributed by atoms with van der Waals surface area (Å²) in [6.07, 6.45) is -0.944. The van der Waals surface area contributed by atoms with E-state index >= 15 is 0 Å². The first-order chi connectivity index (χ1) is 17.5. The number of nitrogens with zero attached hydrogens (tertiary/aromatic N) is 1. The molecule has 1 N–H and O–H groups in total. The third-order valence-electron chi connectivity index (χ3n) is 6.34. The molecule has 1 aliphatic carbocycles. The molecule has 0 bridgehead atoms. The molecule has 5 rings (SSSR count). The lowest BCUT2D eigenvalue weighted by Crippen LogP contribution is -2.40. The number of halogens is 2. The SMILES string of the molecule is O=C(O)C(c1ccccc1F)N(C(=O)OCC1c2ccccc2-c2ccccc21)c1ccccc1Cl. The van der Waals surface area contributed by atoms with Crippen molar-refractivity contribution in [3.8, 4) is 11.1 Å². The summed E-state index contributed by atoms with van der Waals surface area (Å²) >= 11 is 6.36. The Balaban J connectivity index is 1.52. The second-order valence-corrected chi connectivity index (χ2v) is 8.79. The maximum Gasteiger partial charge on any atom is 0.415 e. The number of carbonyl (C=O) groups excluding carboxylic acids is 1. The molecule has 180 valence electrons. The van der Waals surface area contributed by atoms with E-state index in [2.05, 4.69) is 0 Å². The number of para-hydroxylation sites is 1. The number of carbonyl (C=O) groups is 2. The fraction of sp³-hybridized carbons (Fsp3) is 0.103. The average Bonchev–Trinajstić information content (AvgIpc) is 3.20. The highest BCUT2D eigenvalue weighted by atomic mass is 35.5.